The van der Waals surface area contributed by atoms with E-state index in [4.69, 9.17) is 4.98 Å². The van der Waals surface area contributed by atoms with Crippen LogP contribution in [0.25, 0.3) is 11.0 Å². The zero-order chi connectivity index (χ0) is 26.5. The summed E-state index contributed by atoms with van der Waals surface area (Å²) in [6.07, 6.45) is 0.714. The molecule has 0 radical (unpaired) electrons. The van der Waals surface area contributed by atoms with Gasteiger partial charge in [-0.15, -0.1) is 0 Å². The molecule has 0 saturated carbocycles. The molecule has 2 heterocycles. The molecule has 1 N–H and O–H groups in total. The van der Waals surface area contributed by atoms with Crippen molar-refractivity contribution in [2.24, 2.45) is 5.92 Å². The Bertz CT molecular complexity index is 1380. The normalized spacial score (nSPS) is 14.6. The van der Waals surface area contributed by atoms with Crippen molar-refractivity contribution < 1.29 is 9.59 Å². The van der Waals surface area contributed by atoms with Crippen LogP contribution in [0.3, 0.4) is 0 Å². The molecule has 7 heteroatoms. The lowest BCUT2D eigenvalue weighted by molar-refractivity contribution is -0.132. The molecule has 4 aromatic rings. The van der Waals surface area contributed by atoms with Crippen LogP contribution in [-0.2, 0) is 11.3 Å². The van der Waals surface area contributed by atoms with Crippen molar-refractivity contribution in [2.75, 3.05) is 31.1 Å². The number of para-hydroxylation sites is 3. The van der Waals surface area contributed by atoms with E-state index in [1.807, 2.05) is 82.3 Å². The SMILES string of the molecule is CC(C)C[C@H](NC(=O)c1ccccc1)c1nc2ccccc2n1CC(=O)N1CCN(c2ccccc2)CC1. The predicted molar refractivity (Wildman–Crippen MR) is 151 cm³/mol. The Morgan fingerprint density at radius 2 is 1.47 bits per heavy atom. The topological polar surface area (TPSA) is 70.5 Å². The fourth-order valence-electron chi connectivity index (χ4n) is 5.15. The van der Waals surface area contributed by atoms with Crippen LogP contribution in [0.5, 0.6) is 0 Å². The molecule has 38 heavy (non-hydrogen) atoms. The molecular weight excluding hydrogens is 474 g/mol. The van der Waals surface area contributed by atoms with Crippen LogP contribution in [0.2, 0.25) is 0 Å². The van der Waals surface area contributed by atoms with Gasteiger partial charge in [0.1, 0.15) is 12.4 Å². The average Bonchev–Trinajstić information content (AvgIpc) is 3.31. The lowest BCUT2D eigenvalue weighted by Crippen LogP contribution is -2.49. The van der Waals surface area contributed by atoms with E-state index in [2.05, 4.69) is 36.2 Å². The van der Waals surface area contributed by atoms with Gasteiger partial charge in [0.05, 0.1) is 17.1 Å². The van der Waals surface area contributed by atoms with E-state index in [0.717, 1.165) is 29.9 Å². The third-order valence-corrected chi connectivity index (χ3v) is 7.09. The molecule has 0 bridgehead atoms. The lowest BCUT2D eigenvalue weighted by Gasteiger charge is -2.36. The van der Waals surface area contributed by atoms with E-state index in [0.29, 0.717) is 31.0 Å². The van der Waals surface area contributed by atoms with Crippen LogP contribution in [-0.4, -0.2) is 52.4 Å². The highest BCUT2D eigenvalue weighted by atomic mass is 16.2. The van der Waals surface area contributed by atoms with Crippen LogP contribution >= 0.6 is 0 Å². The Kier molecular flexibility index (Phi) is 7.73. The highest BCUT2D eigenvalue weighted by Crippen LogP contribution is 2.26. The van der Waals surface area contributed by atoms with Crippen molar-refractivity contribution in [3.8, 4) is 0 Å². The fourth-order valence-corrected chi connectivity index (χ4v) is 5.15. The molecule has 1 aliphatic rings. The van der Waals surface area contributed by atoms with Gasteiger partial charge in [0, 0.05) is 37.4 Å². The molecule has 3 aromatic carbocycles. The van der Waals surface area contributed by atoms with Gasteiger partial charge in [-0.05, 0) is 48.7 Å². The number of imidazole rings is 1. The Morgan fingerprint density at radius 3 is 2.16 bits per heavy atom. The molecule has 1 aromatic heterocycles. The van der Waals surface area contributed by atoms with Crippen molar-refractivity contribution in [2.45, 2.75) is 32.9 Å². The number of rotatable bonds is 8. The minimum absolute atomic E-state index is 0.0693. The monoisotopic (exact) mass is 509 g/mol. The number of carbonyl (C=O) groups is 2. The molecule has 2 amide bonds. The number of carbonyl (C=O) groups excluding carboxylic acids is 2. The summed E-state index contributed by atoms with van der Waals surface area (Å²) >= 11 is 0. The van der Waals surface area contributed by atoms with E-state index in [-0.39, 0.29) is 24.4 Å². The summed E-state index contributed by atoms with van der Waals surface area (Å²) in [5, 5.41) is 3.21. The second-order valence-corrected chi connectivity index (χ2v) is 10.3. The molecule has 0 spiro atoms. The van der Waals surface area contributed by atoms with E-state index < -0.39 is 0 Å². The highest BCUT2D eigenvalue weighted by Gasteiger charge is 2.27. The summed E-state index contributed by atoms with van der Waals surface area (Å²) in [5.74, 6) is 0.976. The number of nitrogens with one attached hydrogen (secondary N) is 1. The number of aromatic nitrogens is 2. The molecule has 7 nitrogen and oxygen atoms in total. The van der Waals surface area contributed by atoms with Gasteiger partial charge in [0.25, 0.3) is 5.91 Å². The first-order valence-corrected chi connectivity index (χ1v) is 13.4. The number of anilines is 1. The van der Waals surface area contributed by atoms with Crippen molar-refractivity contribution in [1.82, 2.24) is 19.8 Å². The molecule has 1 aliphatic heterocycles. The van der Waals surface area contributed by atoms with Crippen LogP contribution in [0.1, 0.15) is 42.5 Å². The lowest BCUT2D eigenvalue weighted by atomic mass is 10.0. The fraction of sp³-hybridized carbons (Fsp3) is 0.323. The molecule has 196 valence electrons. The van der Waals surface area contributed by atoms with Gasteiger partial charge in [-0.25, -0.2) is 4.98 Å². The molecule has 1 atom stereocenters. The number of hydrogen-bond donors (Lipinski definition) is 1. The molecule has 0 aliphatic carbocycles. The second-order valence-electron chi connectivity index (χ2n) is 10.3. The van der Waals surface area contributed by atoms with E-state index in [1.54, 1.807) is 0 Å². The molecule has 1 saturated heterocycles. The third-order valence-electron chi connectivity index (χ3n) is 7.09. The molecular formula is C31H35N5O2. The average molecular weight is 510 g/mol. The molecule has 0 unspecified atom stereocenters. The highest BCUT2D eigenvalue weighted by molar-refractivity contribution is 5.94. The van der Waals surface area contributed by atoms with E-state index >= 15 is 0 Å². The zero-order valence-corrected chi connectivity index (χ0v) is 22.1. The first-order chi connectivity index (χ1) is 18.5. The quantitative estimate of drug-likeness (QED) is 0.367. The van der Waals surface area contributed by atoms with Gasteiger partial charge < -0.3 is 19.7 Å². The maximum absolute atomic E-state index is 13.6. The standard InChI is InChI=1S/C31H35N5O2/c1-23(2)21-27(33-31(38)24-11-5-3-6-12-24)30-32-26-15-9-10-16-28(26)36(30)22-29(37)35-19-17-34(18-20-35)25-13-7-4-8-14-25/h3-16,23,27H,17-22H2,1-2H3,(H,33,38)/t27-/m0/s1. The minimum atomic E-state index is -0.321. The van der Waals surface area contributed by atoms with Crippen LogP contribution in [0.4, 0.5) is 5.69 Å². The maximum atomic E-state index is 13.6. The van der Waals surface area contributed by atoms with E-state index in [1.165, 1.54) is 5.69 Å². The number of fused-ring (bicyclic) bond motifs is 1. The summed E-state index contributed by atoms with van der Waals surface area (Å²) in [6.45, 7) is 7.41. The van der Waals surface area contributed by atoms with Gasteiger partial charge in [0.2, 0.25) is 5.91 Å². The Morgan fingerprint density at radius 1 is 0.842 bits per heavy atom. The van der Waals surface area contributed by atoms with Gasteiger partial charge >= 0.3 is 0 Å². The van der Waals surface area contributed by atoms with Gasteiger partial charge in [-0.1, -0.05) is 62.4 Å². The van der Waals surface area contributed by atoms with Crippen molar-refractivity contribution in [3.05, 3.63) is 96.3 Å². The number of hydrogen-bond acceptors (Lipinski definition) is 4. The minimum Gasteiger partial charge on any atom is -0.368 e. The summed E-state index contributed by atoms with van der Waals surface area (Å²) in [6, 6.07) is 27.1. The van der Waals surface area contributed by atoms with Crippen LogP contribution < -0.4 is 10.2 Å². The number of amides is 2. The maximum Gasteiger partial charge on any atom is 0.251 e. The largest absolute Gasteiger partial charge is 0.368 e. The van der Waals surface area contributed by atoms with Crippen molar-refractivity contribution in [3.63, 3.8) is 0 Å². The van der Waals surface area contributed by atoms with Gasteiger partial charge in [0.15, 0.2) is 0 Å². The van der Waals surface area contributed by atoms with E-state index in [9.17, 15) is 9.59 Å². The smallest absolute Gasteiger partial charge is 0.251 e. The van der Waals surface area contributed by atoms with Gasteiger partial charge in [-0.2, -0.15) is 0 Å². The number of piperazine rings is 1. The Balaban J connectivity index is 1.38. The summed E-state index contributed by atoms with van der Waals surface area (Å²) < 4.78 is 2.00. The summed E-state index contributed by atoms with van der Waals surface area (Å²) in [5.41, 5.74) is 3.53. The van der Waals surface area contributed by atoms with Crippen LogP contribution in [0, 0.1) is 5.92 Å². The predicted octanol–water partition coefficient (Wildman–Crippen LogP) is 4.90. The van der Waals surface area contributed by atoms with Crippen molar-refractivity contribution >= 4 is 28.5 Å². The Labute approximate surface area is 224 Å². The zero-order valence-electron chi connectivity index (χ0n) is 22.1. The summed E-state index contributed by atoms with van der Waals surface area (Å²) in [7, 11) is 0. The molecule has 1 fully saturated rings. The summed E-state index contributed by atoms with van der Waals surface area (Å²) in [4.78, 5) is 35.9. The second kappa shape index (κ2) is 11.5. The van der Waals surface area contributed by atoms with Crippen molar-refractivity contribution in [1.29, 1.82) is 0 Å². The number of nitrogens with zero attached hydrogens (tertiary/aromatic N) is 4. The van der Waals surface area contributed by atoms with Gasteiger partial charge in [-0.3, -0.25) is 9.59 Å². The first-order valence-electron chi connectivity index (χ1n) is 13.4. The van der Waals surface area contributed by atoms with Crippen LogP contribution in [0.15, 0.2) is 84.9 Å². The number of benzene rings is 3. The third kappa shape index (κ3) is 5.72. The molecule has 5 rings (SSSR count). The Hall–Kier alpha value is -4.13. The first kappa shape index (κ1) is 25.5.